The van der Waals surface area contributed by atoms with Crippen molar-refractivity contribution in [2.75, 3.05) is 19.7 Å². The van der Waals surface area contributed by atoms with E-state index in [-0.39, 0.29) is 32.3 Å². The molecular formula is C10H17F2NO2. The lowest BCUT2D eigenvalue weighted by Gasteiger charge is -2.54. The predicted molar refractivity (Wildman–Crippen MR) is 50.8 cm³/mol. The third-order valence-electron chi connectivity index (χ3n) is 4.03. The van der Waals surface area contributed by atoms with E-state index in [1.54, 1.807) is 0 Å². The van der Waals surface area contributed by atoms with E-state index in [9.17, 15) is 19.0 Å². The zero-order valence-electron chi connectivity index (χ0n) is 8.60. The van der Waals surface area contributed by atoms with Crippen molar-refractivity contribution in [2.24, 2.45) is 5.41 Å². The molecule has 1 saturated heterocycles. The van der Waals surface area contributed by atoms with E-state index in [4.69, 9.17) is 0 Å². The van der Waals surface area contributed by atoms with Crippen LogP contribution in [0.25, 0.3) is 0 Å². The number of hydrogen-bond acceptors (Lipinski definition) is 3. The molecule has 2 aliphatic rings. The highest BCUT2D eigenvalue weighted by atomic mass is 19.3. The first kappa shape index (κ1) is 11.2. The molecule has 15 heavy (non-hydrogen) atoms. The van der Waals surface area contributed by atoms with Gasteiger partial charge in [0.15, 0.2) is 0 Å². The zero-order valence-corrected chi connectivity index (χ0v) is 8.60. The molecule has 0 radical (unpaired) electrons. The maximum Gasteiger partial charge on any atom is 0.248 e. The Morgan fingerprint density at radius 2 is 1.60 bits per heavy atom. The van der Waals surface area contributed by atoms with Crippen LogP contribution < -0.4 is 5.32 Å². The second-order valence-electron chi connectivity index (χ2n) is 4.93. The number of hydrogen-bond donors (Lipinski definition) is 3. The van der Waals surface area contributed by atoms with Crippen LogP contribution in [-0.2, 0) is 0 Å². The Bertz CT molecular complexity index is 238. The van der Waals surface area contributed by atoms with Crippen molar-refractivity contribution in [3.63, 3.8) is 0 Å². The van der Waals surface area contributed by atoms with Crippen LogP contribution in [0.15, 0.2) is 0 Å². The van der Waals surface area contributed by atoms with Gasteiger partial charge in [-0.1, -0.05) is 0 Å². The summed E-state index contributed by atoms with van der Waals surface area (Å²) in [5.74, 6) is -2.64. The summed E-state index contributed by atoms with van der Waals surface area (Å²) in [4.78, 5) is 0. The van der Waals surface area contributed by atoms with Crippen molar-refractivity contribution in [3.8, 4) is 0 Å². The molecule has 2 fully saturated rings. The molecule has 1 heterocycles. The van der Waals surface area contributed by atoms with Crippen LogP contribution in [-0.4, -0.2) is 41.4 Å². The number of nitrogens with one attached hydrogen (secondary N) is 1. The third-order valence-corrected chi connectivity index (χ3v) is 4.03. The van der Waals surface area contributed by atoms with Gasteiger partial charge in [-0.2, -0.15) is 0 Å². The molecule has 0 aromatic heterocycles. The molecule has 2 rings (SSSR count). The fraction of sp³-hybridized carbons (Fsp3) is 1.00. The fourth-order valence-corrected chi connectivity index (χ4v) is 2.57. The Balaban J connectivity index is 2.08. The highest BCUT2D eigenvalue weighted by Crippen LogP contribution is 2.48. The van der Waals surface area contributed by atoms with Crippen LogP contribution in [0.5, 0.6) is 0 Å². The number of aliphatic hydroxyl groups is 2. The normalized spacial score (nSPS) is 32.0. The second kappa shape index (κ2) is 3.37. The van der Waals surface area contributed by atoms with Gasteiger partial charge in [-0.15, -0.1) is 0 Å². The molecule has 88 valence electrons. The van der Waals surface area contributed by atoms with Crippen molar-refractivity contribution in [1.82, 2.24) is 5.32 Å². The standard InChI is InChI=1S/C10H17F2NO2/c11-10(12)3-1-9(15,2-4-10)8(7-14)5-13-6-8/h13-15H,1-7H2. The Labute approximate surface area is 87.5 Å². The first-order valence-corrected chi connectivity index (χ1v) is 5.35. The summed E-state index contributed by atoms with van der Waals surface area (Å²) in [7, 11) is 0. The Morgan fingerprint density at radius 1 is 1.07 bits per heavy atom. The van der Waals surface area contributed by atoms with E-state index in [0.29, 0.717) is 13.1 Å². The van der Waals surface area contributed by atoms with Crippen molar-refractivity contribution >= 4 is 0 Å². The number of aliphatic hydroxyl groups excluding tert-OH is 1. The number of rotatable bonds is 2. The minimum Gasteiger partial charge on any atom is -0.396 e. The van der Waals surface area contributed by atoms with Gasteiger partial charge in [0.05, 0.1) is 12.2 Å². The summed E-state index contributed by atoms with van der Waals surface area (Å²) >= 11 is 0. The van der Waals surface area contributed by atoms with Gasteiger partial charge in [-0.25, -0.2) is 8.78 Å². The molecule has 0 unspecified atom stereocenters. The maximum atomic E-state index is 13.0. The largest absolute Gasteiger partial charge is 0.396 e. The van der Waals surface area contributed by atoms with Crippen LogP contribution >= 0.6 is 0 Å². The van der Waals surface area contributed by atoms with Gasteiger partial charge in [0.1, 0.15) is 0 Å². The molecule has 1 aliphatic carbocycles. The van der Waals surface area contributed by atoms with Crippen LogP contribution in [0, 0.1) is 5.41 Å². The highest BCUT2D eigenvalue weighted by molar-refractivity contribution is 5.08. The average Bonchev–Trinajstić information content (AvgIpc) is 2.10. The summed E-state index contributed by atoms with van der Waals surface area (Å²) in [5.41, 5.74) is -1.71. The molecule has 0 bridgehead atoms. The summed E-state index contributed by atoms with van der Waals surface area (Å²) < 4.78 is 25.9. The van der Waals surface area contributed by atoms with Gasteiger partial charge in [0.25, 0.3) is 0 Å². The maximum absolute atomic E-state index is 13.0. The molecule has 0 spiro atoms. The zero-order chi connectivity index (χ0) is 11.2. The lowest BCUT2D eigenvalue weighted by atomic mass is 9.61. The molecule has 0 atom stereocenters. The Hall–Kier alpha value is -0.260. The van der Waals surface area contributed by atoms with Gasteiger partial charge in [-0.05, 0) is 12.8 Å². The summed E-state index contributed by atoms with van der Waals surface area (Å²) in [6.07, 6.45) is -0.374. The molecule has 1 saturated carbocycles. The minimum atomic E-state index is -2.64. The molecule has 3 nitrogen and oxygen atoms in total. The monoisotopic (exact) mass is 221 g/mol. The van der Waals surface area contributed by atoms with E-state index in [1.807, 2.05) is 0 Å². The summed E-state index contributed by atoms with van der Waals surface area (Å²) in [5, 5.41) is 22.6. The highest BCUT2D eigenvalue weighted by Gasteiger charge is 2.57. The molecule has 3 N–H and O–H groups in total. The first-order valence-electron chi connectivity index (χ1n) is 5.35. The van der Waals surface area contributed by atoms with Crippen molar-refractivity contribution in [1.29, 1.82) is 0 Å². The van der Waals surface area contributed by atoms with Gasteiger partial charge in [0.2, 0.25) is 5.92 Å². The SMILES string of the molecule is OCC1(C2(O)CCC(F)(F)CC2)CNC1. The molecular weight excluding hydrogens is 204 g/mol. The van der Waals surface area contributed by atoms with Crippen LogP contribution in [0.3, 0.4) is 0 Å². The van der Waals surface area contributed by atoms with E-state index in [2.05, 4.69) is 5.32 Å². The average molecular weight is 221 g/mol. The van der Waals surface area contributed by atoms with Crippen LogP contribution in [0.4, 0.5) is 8.78 Å². The number of alkyl halides is 2. The summed E-state index contributed by atoms with van der Waals surface area (Å²) in [6, 6.07) is 0. The first-order chi connectivity index (χ1) is 6.93. The fourth-order valence-electron chi connectivity index (χ4n) is 2.57. The third kappa shape index (κ3) is 1.66. The number of halogens is 2. The summed E-state index contributed by atoms with van der Waals surface area (Å²) in [6.45, 7) is 0.902. The lowest BCUT2D eigenvalue weighted by Crippen LogP contribution is -2.69. The molecule has 0 aromatic carbocycles. The van der Waals surface area contributed by atoms with E-state index >= 15 is 0 Å². The second-order valence-corrected chi connectivity index (χ2v) is 4.93. The van der Waals surface area contributed by atoms with Crippen LogP contribution in [0.2, 0.25) is 0 Å². The smallest absolute Gasteiger partial charge is 0.248 e. The molecule has 0 amide bonds. The van der Waals surface area contributed by atoms with E-state index in [0.717, 1.165) is 0 Å². The van der Waals surface area contributed by atoms with Crippen molar-refractivity contribution < 1.29 is 19.0 Å². The van der Waals surface area contributed by atoms with E-state index in [1.165, 1.54) is 0 Å². The molecule has 0 aromatic rings. The van der Waals surface area contributed by atoms with Crippen LogP contribution in [0.1, 0.15) is 25.7 Å². The van der Waals surface area contributed by atoms with Gasteiger partial charge >= 0.3 is 0 Å². The topological polar surface area (TPSA) is 52.5 Å². The molecule has 5 heteroatoms. The van der Waals surface area contributed by atoms with Crippen molar-refractivity contribution in [3.05, 3.63) is 0 Å². The van der Waals surface area contributed by atoms with Gasteiger partial charge in [0, 0.05) is 31.3 Å². The Kier molecular flexibility index (Phi) is 2.52. The molecule has 1 aliphatic heterocycles. The lowest BCUT2D eigenvalue weighted by molar-refractivity contribution is -0.186. The van der Waals surface area contributed by atoms with E-state index < -0.39 is 16.9 Å². The predicted octanol–water partition coefficient (Wildman–Crippen LogP) is 0.509. The Morgan fingerprint density at radius 3 is 1.93 bits per heavy atom. The van der Waals surface area contributed by atoms with Gasteiger partial charge < -0.3 is 15.5 Å². The quantitative estimate of drug-likeness (QED) is 0.637. The van der Waals surface area contributed by atoms with Crippen molar-refractivity contribution in [2.45, 2.75) is 37.2 Å². The van der Waals surface area contributed by atoms with Gasteiger partial charge in [-0.3, -0.25) is 0 Å². The minimum absolute atomic E-state index is 0.0856.